The van der Waals surface area contributed by atoms with Crippen molar-refractivity contribution in [1.82, 2.24) is 5.32 Å². The Bertz CT molecular complexity index is 599. The molecule has 21 heavy (non-hydrogen) atoms. The summed E-state index contributed by atoms with van der Waals surface area (Å²) in [4.78, 5) is 0. The van der Waals surface area contributed by atoms with Crippen LogP contribution in [-0.4, -0.2) is 5.54 Å². The van der Waals surface area contributed by atoms with Crippen LogP contribution < -0.4 is 10.1 Å². The van der Waals surface area contributed by atoms with E-state index in [1.807, 2.05) is 31.2 Å². The lowest BCUT2D eigenvalue weighted by atomic mass is 10.1. The SMILES string of the molecule is Cc1cc(Br)ccc1OCc1ccoc1CNC(C)(C)C. The third-order valence-corrected chi connectivity index (χ3v) is 3.63. The number of aryl methyl sites for hydroxylation is 1. The van der Waals surface area contributed by atoms with Gasteiger partial charge in [0, 0.05) is 15.6 Å². The van der Waals surface area contributed by atoms with Crippen molar-refractivity contribution in [3.63, 3.8) is 0 Å². The predicted molar refractivity (Wildman–Crippen MR) is 88.5 cm³/mol. The first-order chi connectivity index (χ1) is 9.85. The number of furan rings is 1. The summed E-state index contributed by atoms with van der Waals surface area (Å²) < 4.78 is 12.5. The number of halogens is 1. The number of nitrogens with one attached hydrogen (secondary N) is 1. The Morgan fingerprint density at radius 3 is 2.67 bits per heavy atom. The first kappa shape index (κ1) is 16.1. The Morgan fingerprint density at radius 2 is 2.00 bits per heavy atom. The molecule has 0 amide bonds. The molecule has 0 saturated heterocycles. The van der Waals surface area contributed by atoms with Gasteiger partial charge in [0.15, 0.2) is 0 Å². The van der Waals surface area contributed by atoms with Gasteiger partial charge in [-0.05, 0) is 57.5 Å². The largest absolute Gasteiger partial charge is 0.489 e. The van der Waals surface area contributed by atoms with E-state index in [4.69, 9.17) is 9.15 Å². The summed E-state index contributed by atoms with van der Waals surface area (Å²) >= 11 is 3.46. The quantitative estimate of drug-likeness (QED) is 0.838. The summed E-state index contributed by atoms with van der Waals surface area (Å²) in [6.07, 6.45) is 1.72. The van der Waals surface area contributed by atoms with Gasteiger partial charge >= 0.3 is 0 Å². The molecule has 0 aliphatic rings. The normalized spacial score (nSPS) is 11.7. The summed E-state index contributed by atoms with van der Waals surface area (Å²) in [6.45, 7) is 9.66. The first-order valence-corrected chi connectivity index (χ1v) is 7.84. The van der Waals surface area contributed by atoms with Crippen LogP contribution in [-0.2, 0) is 13.2 Å². The summed E-state index contributed by atoms with van der Waals surface area (Å²) in [5, 5.41) is 3.43. The lowest BCUT2D eigenvalue weighted by molar-refractivity contribution is 0.297. The van der Waals surface area contributed by atoms with Crippen molar-refractivity contribution in [3.05, 3.63) is 51.9 Å². The zero-order valence-electron chi connectivity index (χ0n) is 13.0. The van der Waals surface area contributed by atoms with E-state index in [0.717, 1.165) is 27.1 Å². The topological polar surface area (TPSA) is 34.4 Å². The molecule has 0 radical (unpaired) electrons. The molecule has 1 aromatic heterocycles. The van der Waals surface area contributed by atoms with Gasteiger partial charge in [0.25, 0.3) is 0 Å². The molecular formula is C17H22BrNO2. The van der Waals surface area contributed by atoms with Gasteiger partial charge in [-0.3, -0.25) is 0 Å². The maximum atomic E-state index is 5.90. The molecule has 0 aliphatic carbocycles. The highest BCUT2D eigenvalue weighted by Gasteiger charge is 2.13. The standard InChI is InChI=1S/C17H22BrNO2/c1-12-9-14(18)5-6-15(12)21-11-13-7-8-20-16(13)10-19-17(2,3)4/h5-9,19H,10-11H2,1-4H3. The van der Waals surface area contributed by atoms with Gasteiger partial charge in [-0.25, -0.2) is 0 Å². The van der Waals surface area contributed by atoms with Crippen LogP contribution in [0.3, 0.4) is 0 Å². The van der Waals surface area contributed by atoms with Crippen LogP contribution in [0.2, 0.25) is 0 Å². The molecule has 2 rings (SSSR count). The highest BCUT2D eigenvalue weighted by Crippen LogP contribution is 2.24. The van der Waals surface area contributed by atoms with E-state index >= 15 is 0 Å². The van der Waals surface area contributed by atoms with Crippen LogP contribution >= 0.6 is 15.9 Å². The van der Waals surface area contributed by atoms with Gasteiger partial charge in [-0.2, -0.15) is 0 Å². The van der Waals surface area contributed by atoms with E-state index in [9.17, 15) is 0 Å². The lowest BCUT2D eigenvalue weighted by Crippen LogP contribution is -2.35. The van der Waals surface area contributed by atoms with Crippen molar-refractivity contribution >= 4 is 15.9 Å². The molecule has 0 aliphatic heterocycles. The average molecular weight is 352 g/mol. The Kier molecular flexibility index (Phi) is 5.12. The fourth-order valence-corrected chi connectivity index (χ4v) is 2.40. The first-order valence-electron chi connectivity index (χ1n) is 7.04. The van der Waals surface area contributed by atoms with E-state index in [2.05, 4.69) is 42.0 Å². The molecule has 0 spiro atoms. The van der Waals surface area contributed by atoms with Gasteiger partial charge in [0.05, 0.1) is 12.8 Å². The molecule has 0 atom stereocenters. The number of benzene rings is 1. The predicted octanol–water partition coefficient (Wildman–Crippen LogP) is 4.82. The van der Waals surface area contributed by atoms with Crippen molar-refractivity contribution in [2.45, 2.75) is 46.4 Å². The molecule has 4 heteroatoms. The molecule has 1 aromatic carbocycles. The maximum absolute atomic E-state index is 5.90. The Balaban J connectivity index is 1.99. The van der Waals surface area contributed by atoms with Crippen LogP contribution in [0.1, 0.15) is 37.7 Å². The Hall–Kier alpha value is -1.26. The van der Waals surface area contributed by atoms with E-state index in [-0.39, 0.29) is 5.54 Å². The van der Waals surface area contributed by atoms with Crippen LogP contribution in [0, 0.1) is 6.92 Å². The number of hydrogen-bond donors (Lipinski definition) is 1. The van der Waals surface area contributed by atoms with Crippen LogP contribution in [0.5, 0.6) is 5.75 Å². The molecule has 0 unspecified atom stereocenters. The van der Waals surface area contributed by atoms with Crippen molar-refractivity contribution in [3.8, 4) is 5.75 Å². The second kappa shape index (κ2) is 6.67. The maximum Gasteiger partial charge on any atom is 0.124 e. The number of rotatable bonds is 5. The third-order valence-electron chi connectivity index (χ3n) is 3.14. The highest BCUT2D eigenvalue weighted by molar-refractivity contribution is 9.10. The minimum Gasteiger partial charge on any atom is -0.489 e. The fourth-order valence-electron chi connectivity index (χ4n) is 1.93. The molecule has 0 bridgehead atoms. The summed E-state index contributed by atoms with van der Waals surface area (Å²) in [5.41, 5.74) is 2.25. The molecule has 1 heterocycles. The molecule has 2 aromatic rings. The summed E-state index contributed by atoms with van der Waals surface area (Å²) in [5.74, 6) is 1.83. The molecule has 0 fully saturated rings. The molecule has 114 valence electrons. The number of hydrogen-bond acceptors (Lipinski definition) is 3. The zero-order valence-corrected chi connectivity index (χ0v) is 14.6. The van der Waals surface area contributed by atoms with Crippen molar-refractivity contribution in [2.75, 3.05) is 0 Å². The second-order valence-corrected chi connectivity index (χ2v) is 7.09. The smallest absolute Gasteiger partial charge is 0.124 e. The van der Waals surface area contributed by atoms with Crippen LogP contribution in [0.25, 0.3) is 0 Å². The summed E-state index contributed by atoms with van der Waals surface area (Å²) in [6, 6.07) is 7.98. The molecule has 1 N–H and O–H groups in total. The van der Waals surface area contributed by atoms with E-state index in [1.165, 1.54) is 0 Å². The minimum absolute atomic E-state index is 0.0627. The number of ether oxygens (including phenoxy) is 1. The van der Waals surface area contributed by atoms with Crippen molar-refractivity contribution in [2.24, 2.45) is 0 Å². The second-order valence-electron chi connectivity index (χ2n) is 6.17. The average Bonchev–Trinajstić information content (AvgIpc) is 2.82. The Labute approximate surface area is 134 Å². The van der Waals surface area contributed by atoms with E-state index in [0.29, 0.717) is 13.2 Å². The third kappa shape index (κ3) is 4.90. The molecule has 0 saturated carbocycles. The van der Waals surface area contributed by atoms with E-state index in [1.54, 1.807) is 6.26 Å². The van der Waals surface area contributed by atoms with Crippen molar-refractivity contribution < 1.29 is 9.15 Å². The van der Waals surface area contributed by atoms with E-state index < -0.39 is 0 Å². The molecular weight excluding hydrogens is 330 g/mol. The van der Waals surface area contributed by atoms with Gasteiger partial charge in [-0.1, -0.05) is 15.9 Å². The fraction of sp³-hybridized carbons (Fsp3) is 0.412. The van der Waals surface area contributed by atoms with Crippen LogP contribution in [0.15, 0.2) is 39.4 Å². The van der Waals surface area contributed by atoms with Gasteiger partial charge in [0.2, 0.25) is 0 Å². The molecule has 3 nitrogen and oxygen atoms in total. The van der Waals surface area contributed by atoms with Crippen molar-refractivity contribution in [1.29, 1.82) is 0 Å². The highest BCUT2D eigenvalue weighted by atomic mass is 79.9. The Morgan fingerprint density at radius 1 is 1.24 bits per heavy atom. The van der Waals surface area contributed by atoms with Crippen LogP contribution in [0.4, 0.5) is 0 Å². The van der Waals surface area contributed by atoms with Gasteiger partial charge < -0.3 is 14.5 Å². The zero-order chi connectivity index (χ0) is 15.5. The monoisotopic (exact) mass is 351 g/mol. The minimum atomic E-state index is 0.0627. The summed E-state index contributed by atoms with van der Waals surface area (Å²) in [7, 11) is 0. The lowest BCUT2D eigenvalue weighted by Gasteiger charge is -2.20. The van der Waals surface area contributed by atoms with Gasteiger partial charge in [0.1, 0.15) is 18.1 Å². The van der Waals surface area contributed by atoms with Gasteiger partial charge in [-0.15, -0.1) is 0 Å².